The summed E-state index contributed by atoms with van der Waals surface area (Å²) in [5.41, 5.74) is 3.11. The molecule has 0 saturated heterocycles. The van der Waals surface area contributed by atoms with Gasteiger partial charge in [0.05, 0.1) is 12.3 Å². The number of ether oxygens (including phenoxy) is 2. The van der Waals surface area contributed by atoms with E-state index in [9.17, 15) is 4.79 Å². The molecule has 1 N–H and O–H groups in total. The van der Waals surface area contributed by atoms with Crippen molar-refractivity contribution in [2.75, 3.05) is 6.61 Å². The minimum Gasteiger partial charge on any atom is -0.494 e. The van der Waals surface area contributed by atoms with E-state index in [0.717, 1.165) is 29.0 Å². The molecule has 0 aliphatic carbocycles. The van der Waals surface area contributed by atoms with Crippen molar-refractivity contribution in [2.24, 2.45) is 0 Å². The molecule has 0 spiro atoms. The van der Waals surface area contributed by atoms with Crippen LogP contribution >= 0.6 is 0 Å². The molecule has 0 unspecified atom stereocenters. The number of amides is 1. The van der Waals surface area contributed by atoms with Crippen molar-refractivity contribution >= 4 is 5.91 Å². The first kappa shape index (κ1) is 16.4. The van der Waals surface area contributed by atoms with E-state index >= 15 is 0 Å². The number of nitrogens with one attached hydrogen (secondary N) is 1. The van der Waals surface area contributed by atoms with Crippen LogP contribution in [0.1, 0.15) is 46.8 Å². The van der Waals surface area contributed by atoms with Gasteiger partial charge in [0.1, 0.15) is 28.9 Å². The van der Waals surface area contributed by atoms with Gasteiger partial charge in [0.15, 0.2) is 0 Å². The van der Waals surface area contributed by atoms with Crippen molar-refractivity contribution in [3.05, 3.63) is 40.3 Å². The van der Waals surface area contributed by atoms with E-state index in [1.54, 1.807) is 13.8 Å². The molecule has 2 aromatic rings. The highest BCUT2D eigenvalue weighted by Gasteiger charge is 2.23. The lowest BCUT2D eigenvalue weighted by Gasteiger charge is -2.13. The van der Waals surface area contributed by atoms with Gasteiger partial charge in [-0.2, -0.15) is 0 Å². The predicted octanol–water partition coefficient (Wildman–Crippen LogP) is 2.94. The molecule has 3 rings (SSSR count). The van der Waals surface area contributed by atoms with Gasteiger partial charge >= 0.3 is 0 Å². The minimum absolute atomic E-state index is 0.168. The van der Waals surface area contributed by atoms with Crippen LogP contribution in [-0.2, 0) is 13.0 Å². The fourth-order valence-electron chi connectivity index (χ4n) is 2.98. The number of fused-ring (bicyclic) bond motifs is 1. The number of aromatic nitrogens is 1. The van der Waals surface area contributed by atoms with Crippen LogP contribution in [0.4, 0.5) is 0 Å². The summed E-state index contributed by atoms with van der Waals surface area (Å²) in [5.74, 6) is 1.96. The second-order valence-corrected chi connectivity index (χ2v) is 6.02. The number of benzene rings is 1. The number of aryl methyl sites for hydroxylation is 2. The first-order valence-corrected chi connectivity index (χ1v) is 8.16. The zero-order valence-corrected chi connectivity index (χ0v) is 14.4. The van der Waals surface area contributed by atoms with E-state index in [0.29, 0.717) is 30.2 Å². The summed E-state index contributed by atoms with van der Waals surface area (Å²) in [6, 6.07) is 3.97. The zero-order chi connectivity index (χ0) is 17.3. The maximum absolute atomic E-state index is 12.4. The van der Waals surface area contributed by atoms with E-state index in [2.05, 4.69) is 10.5 Å². The Balaban J connectivity index is 1.79. The molecule has 2 heterocycles. The maximum Gasteiger partial charge on any atom is 0.257 e. The summed E-state index contributed by atoms with van der Waals surface area (Å²) in [6.45, 7) is 8.38. The topological polar surface area (TPSA) is 73.6 Å². The Morgan fingerprint density at radius 2 is 2.21 bits per heavy atom. The van der Waals surface area contributed by atoms with Crippen LogP contribution in [0.2, 0.25) is 0 Å². The molecular weight excluding hydrogens is 308 g/mol. The molecule has 128 valence electrons. The molecular formula is C18H22N2O4. The molecule has 6 heteroatoms. The van der Waals surface area contributed by atoms with Gasteiger partial charge in [0.25, 0.3) is 5.91 Å². The Morgan fingerprint density at radius 1 is 1.42 bits per heavy atom. The average Bonchev–Trinajstić information content (AvgIpc) is 3.06. The van der Waals surface area contributed by atoms with Crippen molar-refractivity contribution < 1.29 is 18.8 Å². The van der Waals surface area contributed by atoms with Gasteiger partial charge in [0.2, 0.25) is 0 Å². The highest BCUT2D eigenvalue weighted by molar-refractivity contribution is 5.96. The van der Waals surface area contributed by atoms with Crippen LogP contribution in [0, 0.1) is 13.8 Å². The van der Waals surface area contributed by atoms with Crippen LogP contribution < -0.4 is 14.8 Å². The molecule has 0 saturated carbocycles. The van der Waals surface area contributed by atoms with Crippen LogP contribution in [0.15, 0.2) is 16.7 Å². The van der Waals surface area contributed by atoms with Gasteiger partial charge in [-0.15, -0.1) is 0 Å². The Kier molecular flexibility index (Phi) is 4.46. The van der Waals surface area contributed by atoms with Gasteiger partial charge in [-0.05, 0) is 39.8 Å². The number of hydrogen-bond acceptors (Lipinski definition) is 5. The molecule has 1 amide bonds. The Morgan fingerprint density at radius 3 is 2.88 bits per heavy atom. The average molecular weight is 330 g/mol. The van der Waals surface area contributed by atoms with Crippen molar-refractivity contribution in [3.8, 4) is 11.5 Å². The standard InChI is InChI=1S/C18H22N2O4/c1-5-22-15-7-13-6-10(2)23-16(13)8-14(15)9-19-18(21)17-11(3)20-24-12(17)4/h7-8,10H,5-6,9H2,1-4H3,(H,19,21)/t10-/m1/s1. The lowest BCUT2D eigenvalue weighted by molar-refractivity contribution is 0.0948. The van der Waals surface area contributed by atoms with E-state index in [1.807, 2.05) is 26.0 Å². The third-order valence-corrected chi connectivity index (χ3v) is 4.08. The van der Waals surface area contributed by atoms with Crippen molar-refractivity contribution in [2.45, 2.75) is 46.8 Å². The summed E-state index contributed by atoms with van der Waals surface area (Å²) in [5, 5.41) is 6.72. The number of rotatable bonds is 5. The van der Waals surface area contributed by atoms with Crippen LogP contribution in [0.3, 0.4) is 0 Å². The van der Waals surface area contributed by atoms with Crippen molar-refractivity contribution in [1.29, 1.82) is 0 Å². The summed E-state index contributed by atoms with van der Waals surface area (Å²) in [6.07, 6.45) is 1.04. The van der Waals surface area contributed by atoms with Gasteiger partial charge in [0, 0.05) is 24.1 Å². The molecule has 6 nitrogen and oxygen atoms in total. The fraction of sp³-hybridized carbons (Fsp3) is 0.444. The number of carbonyl (C=O) groups excluding carboxylic acids is 1. The molecule has 0 radical (unpaired) electrons. The molecule has 1 aliphatic heterocycles. The summed E-state index contributed by atoms with van der Waals surface area (Å²) < 4.78 is 16.6. The Hall–Kier alpha value is -2.50. The van der Waals surface area contributed by atoms with Gasteiger partial charge in [-0.1, -0.05) is 5.16 Å². The van der Waals surface area contributed by atoms with Gasteiger partial charge in [-0.3, -0.25) is 4.79 Å². The molecule has 1 aromatic heterocycles. The highest BCUT2D eigenvalue weighted by atomic mass is 16.5. The first-order chi connectivity index (χ1) is 11.5. The Labute approximate surface area is 141 Å². The van der Waals surface area contributed by atoms with Crippen molar-refractivity contribution in [1.82, 2.24) is 10.5 Å². The van der Waals surface area contributed by atoms with E-state index in [4.69, 9.17) is 14.0 Å². The zero-order valence-electron chi connectivity index (χ0n) is 14.4. The van der Waals surface area contributed by atoms with E-state index < -0.39 is 0 Å². The molecule has 0 bridgehead atoms. The summed E-state index contributed by atoms with van der Waals surface area (Å²) in [7, 11) is 0. The van der Waals surface area contributed by atoms with Crippen LogP contribution in [0.25, 0.3) is 0 Å². The highest BCUT2D eigenvalue weighted by Crippen LogP contribution is 2.35. The summed E-state index contributed by atoms with van der Waals surface area (Å²) in [4.78, 5) is 12.4. The number of nitrogens with zero attached hydrogens (tertiary/aromatic N) is 1. The largest absolute Gasteiger partial charge is 0.494 e. The van der Waals surface area contributed by atoms with Crippen LogP contribution in [-0.4, -0.2) is 23.8 Å². The monoisotopic (exact) mass is 330 g/mol. The lowest BCUT2D eigenvalue weighted by atomic mass is 10.1. The number of carbonyl (C=O) groups is 1. The third kappa shape index (κ3) is 3.09. The predicted molar refractivity (Wildman–Crippen MR) is 88.6 cm³/mol. The van der Waals surface area contributed by atoms with E-state index in [-0.39, 0.29) is 12.0 Å². The normalized spacial score (nSPS) is 15.8. The summed E-state index contributed by atoms with van der Waals surface area (Å²) >= 11 is 0. The second-order valence-electron chi connectivity index (χ2n) is 6.02. The fourth-order valence-corrected chi connectivity index (χ4v) is 2.98. The second kappa shape index (κ2) is 6.55. The lowest BCUT2D eigenvalue weighted by Crippen LogP contribution is -2.24. The molecule has 0 fully saturated rings. The smallest absolute Gasteiger partial charge is 0.257 e. The molecule has 1 aromatic carbocycles. The molecule has 24 heavy (non-hydrogen) atoms. The van der Waals surface area contributed by atoms with Crippen LogP contribution in [0.5, 0.6) is 11.5 Å². The number of hydrogen-bond donors (Lipinski definition) is 1. The Bertz CT molecular complexity index is 747. The maximum atomic E-state index is 12.4. The van der Waals surface area contributed by atoms with E-state index in [1.165, 1.54) is 0 Å². The SMILES string of the molecule is CCOc1cc2c(cc1CNC(=O)c1c(C)noc1C)O[C@H](C)C2. The molecule has 1 atom stereocenters. The van der Waals surface area contributed by atoms with Crippen molar-refractivity contribution in [3.63, 3.8) is 0 Å². The minimum atomic E-state index is -0.205. The van der Waals surface area contributed by atoms with Gasteiger partial charge in [-0.25, -0.2) is 0 Å². The molecule has 1 aliphatic rings. The quantitative estimate of drug-likeness (QED) is 0.912. The van der Waals surface area contributed by atoms with Gasteiger partial charge < -0.3 is 19.3 Å². The first-order valence-electron chi connectivity index (χ1n) is 8.16. The third-order valence-electron chi connectivity index (χ3n) is 4.08.